The summed E-state index contributed by atoms with van der Waals surface area (Å²) >= 11 is 1.32. The third-order valence-electron chi connectivity index (χ3n) is 3.33. The Kier molecular flexibility index (Phi) is 5.59. The SMILES string of the molecule is COC(=O)/C=C/CSC1=N/C(=C\c2ccc(-n3cncn3)cc2)C(=O)N1. The summed E-state index contributed by atoms with van der Waals surface area (Å²) in [7, 11) is 1.32. The zero-order chi connectivity index (χ0) is 18.4. The van der Waals surface area contributed by atoms with Gasteiger partial charge in [-0.2, -0.15) is 5.10 Å². The number of esters is 1. The summed E-state index contributed by atoms with van der Waals surface area (Å²) in [6, 6.07) is 7.50. The predicted octanol–water partition coefficient (Wildman–Crippen LogP) is 1.56. The molecular formula is C17H15N5O3S. The Balaban J connectivity index is 1.64. The number of aliphatic imine (C=N–C) groups is 1. The molecule has 26 heavy (non-hydrogen) atoms. The summed E-state index contributed by atoms with van der Waals surface area (Å²) in [4.78, 5) is 31.2. The second-order valence-electron chi connectivity index (χ2n) is 5.07. The van der Waals surface area contributed by atoms with Crippen LogP contribution in [0.1, 0.15) is 5.56 Å². The maximum Gasteiger partial charge on any atom is 0.330 e. The van der Waals surface area contributed by atoms with Gasteiger partial charge in [-0.15, -0.1) is 0 Å². The van der Waals surface area contributed by atoms with Gasteiger partial charge in [-0.3, -0.25) is 10.1 Å². The number of rotatable bonds is 5. The lowest BCUT2D eigenvalue weighted by molar-refractivity contribution is -0.134. The van der Waals surface area contributed by atoms with Crippen LogP contribution in [0.25, 0.3) is 11.8 Å². The molecule has 0 radical (unpaired) electrons. The fourth-order valence-electron chi connectivity index (χ4n) is 2.08. The number of hydrogen-bond donors (Lipinski definition) is 1. The van der Waals surface area contributed by atoms with Crippen molar-refractivity contribution in [2.75, 3.05) is 12.9 Å². The highest BCUT2D eigenvalue weighted by atomic mass is 32.2. The number of methoxy groups -OCH3 is 1. The number of aromatic nitrogens is 3. The van der Waals surface area contributed by atoms with Crippen LogP contribution < -0.4 is 5.32 Å². The van der Waals surface area contributed by atoms with Gasteiger partial charge < -0.3 is 4.74 Å². The number of hydrogen-bond acceptors (Lipinski definition) is 7. The van der Waals surface area contributed by atoms with E-state index in [-0.39, 0.29) is 5.91 Å². The van der Waals surface area contributed by atoms with Gasteiger partial charge in [0.1, 0.15) is 18.4 Å². The molecule has 1 amide bonds. The Morgan fingerprint density at radius 3 is 2.85 bits per heavy atom. The second kappa shape index (κ2) is 8.26. The third-order valence-corrected chi connectivity index (χ3v) is 4.15. The van der Waals surface area contributed by atoms with Crippen molar-refractivity contribution < 1.29 is 14.3 Å². The molecule has 2 heterocycles. The van der Waals surface area contributed by atoms with E-state index in [1.807, 2.05) is 24.3 Å². The first-order valence-electron chi connectivity index (χ1n) is 7.60. The molecule has 0 atom stereocenters. The average molecular weight is 369 g/mol. The van der Waals surface area contributed by atoms with Crippen molar-refractivity contribution in [1.29, 1.82) is 0 Å². The summed E-state index contributed by atoms with van der Waals surface area (Å²) < 4.78 is 6.15. The highest BCUT2D eigenvalue weighted by Crippen LogP contribution is 2.17. The van der Waals surface area contributed by atoms with Crippen molar-refractivity contribution >= 4 is 34.9 Å². The van der Waals surface area contributed by atoms with Gasteiger partial charge in [0.05, 0.1) is 12.8 Å². The Hall–Kier alpha value is -3.20. The molecule has 2 aromatic rings. The van der Waals surface area contributed by atoms with Crippen molar-refractivity contribution in [2.24, 2.45) is 4.99 Å². The number of nitrogens with one attached hydrogen (secondary N) is 1. The maximum atomic E-state index is 12.0. The van der Waals surface area contributed by atoms with Gasteiger partial charge in [0.25, 0.3) is 5.91 Å². The predicted molar refractivity (Wildman–Crippen MR) is 98.5 cm³/mol. The number of nitrogens with zero attached hydrogens (tertiary/aromatic N) is 4. The van der Waals surface area contributed by atoms with E-state index in [4.69, 9.17) is 0 Å². The molecule has 0 bridgehead atoms. The van der Waals surface area contributed by atoms with E-state index in [9.17, 15) is 9.59 Å². The van der Waals surface area contributed by atoms with E-state index in [2.05, 4.69) is 25.1 Å². The van der Waals surface area contributed by atoms with Crippen LogP contribution in [0.2, 0.25) is 0 Å². The van der Waals surface area contributed by atoms with Crippen molar-refractivity contribution in [3.05, 3.63) is 60.3 Å². The summed E-state index contributed by atoms with van der Waals surface area (Å²) in [5, 5.41) is 7.25. The third kappa shape index (κ3) is 4.45. The van der Waals surface area contributed by atoms with E-state index in [0.29, 0.717) is 16.6 Å². The van der Waals surface area contributed by atoms with Crippen LogP contribution in [0.5, 0.6) is 0 Å². The lowest BCUT2D eigenvalue weighted by atomic mass is 10.2. The molecule has 132 valence electrons. The first-order chi connectivity index (χ1) is 12.7. The minimum atomic E-state index is -0.419. The number of thioether (sulfide) groups is 1. The van der Waals surface area contributed by atoms with Gasteiger partial charge in [0, 0.05) is 11.8 Å². The number of carbonyl (C=O) groups is 2. The Bertz CT molecular complexity index is 886. The van der Waals surface area contributed by atoms with Crippen LogP contribution in [0.3, 0.4) is 0 Å². The highest BCUT2D eigenvalue weighted by Gasteiger charge is 2.19. The zero-order valence-electron chi connectivity index (χ0n) is 13.8. The van der Waals surface area contributed by atoms with Gasteiger partial charge in [-0.05, 0) is 23.8 Å². The van der Waals surface area contributed by atoms with Gasteiger partial charge in [0.15, 0.2) is 5.17 Å². The molecule has 0 fully saturated rings. The molecule has 1 N–H and O–H groups in total. The van der Waals surface area contributed by atoms with Crippen LogP contribution in [-0.2, 0) is 14.3 Å². The molecule has 0 aliphatic carbocycles. The van der Waals surface area contributed by atoms with Gasteiger partial charge in [-0.1, -0.05) is 30.0 Å². The Labute approximate surface area is 153 Å². The van der Waals surface area contributed by atoms with Gasteiger partial charge >= 0.3 is 5.97 Å². The fraction of sp³-hybridized carbons (Fsp3) is 0.118. The number of amides is 1. The van der Waals surface area contributed by atoms with Crippen LogP contribution in [0.15, 0.2) is 59.8 Å². The van der Waals surface area contributed by atoms with E-state index in [1.54, 1.807) is 23.2 Å². The molecule has 0 unspecified atom stereocenters. The van der Waals surface area contributed by atoms with Gasteiger partial charge in [-0.25, -0.2) is 19.5 Å². The molecule has 1 aliphatic rings. The van der Waals surface area contributed by atoms with E-state index < -0.39 is 5.97 Å². The van der Waals surface area contributed by atoms with Gasteiger partial charge in [0.2, 0.25) is 0 Å². The second-order valence-corrected chi connectivity index (χ2v) is 6.08. The van der Waals surface area contributed by atoms with Crippen LogP contribution >= 0.6 is 11.8 Å². The lowest BCUT2D eigenvalue weighted by Gasteiger charge is -2.00. The Morgan fingerprint density at radius 1 is 1.35 bits per heavy atom. The molecule has 1 aromatic carbocycles. The number of benzene rings is 1. The van der Waals surface area contributed by atoms with Crippen LogP contribution in [-0.4, -0.2) is 44.7 Å². The largest absolute Gasteiger partial charge is 0.466 e. The molecule has 0 spiro atoms. The van der Waals surface area contributed by atoms with Crippen molar-refractivity contribution in [2.45, 2.75) is 0 Å². The summed E-state index contributed by atoms with van der Waals surface area (Å²) in [5.41, 5.74) is 2.05. The van der Waals surface area contributed by atoms with E-state index in [1.165, 1.54) is 31.3 Å². The molecule has 3 rings (SSSR count). The van der Waals surface area contributed by atoms with Crippen molar-refractivity contribution in [1.82, 2.24) is 20.1 Å². The summed E-state index contributed by atoms with van der Waals surface area (Å²) in [5.74, 6) is -0.184. The topological polar surface area (TPSA) is 98.5 Å². The molecule has 0 saturated carbocycles. The first-order valence-corrected chi connectivity index (χ1v) is 8.58. The van der Waals surface area contributed by atoms with E-state index in [0.717, 1.165) is 11.3 Å². The molecular weight excluding hydrogens is 354 g/mol. The van der Waals surface area contributed by atoms with Crippen molar-refractivity contribution in [3.8, 4) is 5.69 Å². The summed E-state index contributed by atoms with van der Waals surface area (Å²) in [6.07, 6.45) is 7.76. The van der Waals surface area contributed by atoms with Crippen LogP contribution in [0.4, 0.5) is 0 Å². The minimum absolute atomic E-state index is 0.259. The fourth-order valence-corrected chi connectivity index (χ4v) is 2.76. The Morgan fingerprint density at radius 2 is 2.15 bits per heavy atom. The number of amidine groups is 1. The monoisotopic (exact) mass is 369 g/mol. The molecule has 0 saturated heterocycles. The molecule has 1 aliphatic heterocycles. The number of ether oxygens (including phenoxy) is 1. The van der Waals surface area contributed by atoms with Crippen molar-refractivity contribution in [3.63, 3.8) is 0 Å². The zero-order valence-corrected chi connectivity index (χ0v) is 14.6. The smallest absolute Gasteiger partial charge is 0.330 e. The minimum Gasteiger partial charge on any atom is -0.466 e. The number of carbonyl (C=O) groups excluding carboxylic acids is 2. The standard InChI is InChI=1S/C17H15N5O3S/c1-25-15(23)3-2-8-26-17-20-14(16(24)21-17)9-12-4-6-13(7-5-12)22-11-18-10-19-22/h2-7,9-11H,8H2,1H3,(H,20,21,24)/b3-2+,14-9-. The summed E-state index contributed by atoms with van der Waals surface area (Å²) in [6.45, 7) is 0. The normalized spacial score (nSPS) is 15.3. The van der Waals surface area contributed by atoms with Crippen LogP contribution in [0, 0.1) is 0 Å². The maximum absolute atomic E-state index is 12.0. The average Bonchev–Trinajstić information content (AvgIpc) is 3.30. The van der Waals surface area contributed by atoms with E-state index >= 15 is 0 Å². The lowest BCUT2D eigenvalue weighted by Crippen LogP contribution is -2.21. The molecule has 8 nitrogen and oxygen atoms in total. The highest BCUT2D eigenvalue weighted by molar-refractivity contribution is 8.14. The quantitative estimate of drug-likeness (QED) is 0.634. The molecule has 1 aromatic heterocycles. The first kappa shape index (κ1) is 17.6. The molecule has 9 heteroatoms.